The number of cyclic esters (lactones) is 2. The summed E-state index contributed by atoms with van der Waals surface area (Å²) >= 11 is 0. The average molecular weight is 1860 g/mol. The molecule has 32 nitrogen and oxygen atoms in total. The molecule has 2 bridgehead atoms. The van der Waals surface area contributed by atoms with E-state index in [1.807, 2.05) is 162 Å². The standard InChI is InChI=1S/C51H84N2O15.C48H79N3O12/c1-19-37-51(13)44(67-47(57)68-51)29(4)39(52-61-26-33-20-21-34(48(8,9)10)36(23-33)58-16)27(2)24-50(12,60-18)43(66-46-40(54)35(53(14)15)22-28(3)62-46)30(5)41(31(6)45(56)64-37)65-38-25-49(11,59-17)42(55)32(7)63-38;1-15-35-48(10)40-29(4)37(50(21-22-51(40)45(55)63-48)26-33-19-17-16-18-20-33)27(2)24-47(9,57-14)42(62-44-38(52)34(49(11)12)23-28(3)58-44)30(5)39(31(6)43(54)60-35)61-36-25-46(8,56-13)41(53)32(7)59-36/h20-21,23,27-32,35,37-38,40-44,46,54-55H,19,22,24-26H2,1-18H3;16-20,27-32,34-42,44,52-53H,15,21-26H2,1-14H3/b52-39-;/t27-,28-,29+,30+,31-,32+,35+,37-,38+,40-,41+,42+,43-,44-,46+,49-,50-,51-;27-,28-,29+,30+,31-,32+,34+,35-,36+,37?,38-,39+,40-,41+,42-,44+,46-,47-,48-/m11/s1. The fraction of sp³-hybridized carbons (Fsp3) is 0.828. The van der Waals surface area contributed by atoms with Crippen LogP contribution in [0.4, 0.5) is 9.59 Å². The van der Waals surface area contributed by atoms with Crippen LogP contribution in [0.15, 0.2) is 53.7 Å². The number of nitrogens with zero attached hydrogens (tertiary/aromatic N) is 5. The van der Waals surface area contributed by atoms with Crippen LogP contribution in [0.25, 0.3) is 0 Å². The van der Waals surface area contributed by atoms with Gasteiger partial charge in [0, 0.05) is 103 Å². The van der Waals surface area contributed by atoms with Crippen molar-refractivity contribution in [2.45, 2.75) is 404 Å². The number of hydrogen-bond donors (Lipinski definition) is 4. The number of ether oxygens (including phenoxy) is 18. The van der Waals surface area contributed by atoms with Crippen LogP contribution in [0.2, 0.25) is 0 Å². The summed E-state index contributed by atoms with van der Waals surface area (Å²) in [6.45, 7) is 46.3. The van der Waals surface area contributed by atoms with Gasteiger partial charge in [-0.2, -0.15) is 0 Å². The number of carbonyl (C=O) groups excluding carboxylic acids is 4. The maximum atomic E-state index is 14.9. The Morgan fingerprint density at radius 3 is 1.46 bits per heavy atom. The lowest BCUT2D eigenvalue weighted by molar-refractivity contribution is -0.319. The lowest BCUT2D eigenvalue weighted by atomic mass is 9.71. The zero-order valence-electron chi connectivity index (χ0n) is 84.4. The molecule has 9 saturated heterocycles. The Hall–Kier alpha value is -5.57. The molecule has 4 N–H and O–H groups in total. The highest BCUT2D eigenvalue weighted by molar-refractivity contribution is 5.89. The van der Waals surface area contributed by atoms with Crippen molar-refractivity contribution < 1.29 is 130 Å². The molecule has 2 aromatic carbocycles. The van der Waals surface area contributed by atoms with E-state index in [1.165, 1.54) is 7.11 Å². The van der Waals surface area contributed by atoms with E-state index in [4.69, 9.17) is 95.3 Å². The SMILES string of the molecule is CC[C@H]1OC(=O)[C@H](C)[C@@H](O[C@H]2C[C@@](C)(OC)[C@@H](O)[C@H](C)O2)[C@H](C)[C@@H](O[C@@H]2O[C@H](C)C[C@H](N(C)C)[C@H]2O)[C@](C)(OC)C[C@@H](C)/C(=N/OCc2ccc(C(C)(C)C)c(OC)c2)[C@H](C)[C@H]2OC(=O)O[C@@]21C.CC[C@H]1OC(=O)[C@H](C)[C@@H](O[C@H]2C[C@@](C)(OC)[C@@H](O)[C@H](C)O2)[C@H](C)[C@@H](O[C@@H]2O[C@H](C)C[C@H](N(C)C)[C@H]2O)[C@](C)(OC)C[C@@H](C)C2[C@H](C)[C@H]3N(CCN2Cc2ccccc2)C(=O)O[C@]13C. The summed E-state index contributed by atoms with van der Waals surface area (Å²) in [7, 11) is 15.7. The van der Waals surface area contributed by atoms with Crippen molar-refractivity contribution in [3.63, 3.8) is 0 Å². The number of oxime groups is 1. The topological polar surface area (TPSA) is 350 Å². The molecule has 9 aliphatic heterocycles. The Bertz CT molecular complexity index is 4090. The minimum atomic E-state index is -1.45. The number of methoxy groups -OCH3 is 5. The molecule has 9 aliphatic rings. The van der Waals surface area contributed by atoms with E-state index in [9.17, 15) is 39.6 Å². The minimum absolute atomic E-state index is 0.0636. The van der Waals surface area contributed by atoms with Gasteiger partial charge in [0.25, 0.3) is 0 Å². The largest absolute Gasteiger partial charge is 0.509 e. The smallest absolute Gasteiger partial charge is 0.496 e. The van der Waals surface area contributed by atoms with E-state index in [2.05, 4.69) is 51.7 Å². The lowest BCUT2D eigenvalue weighted by Crippen LogP contribution is -2.62. The summed E-state index contributed by atoms with van der Waals surface area (Å²) in [6, 6.07) is 15.3. The number of likely N-dealkylation sites (N-methyl/N-ethyl adjacent to an activating group) is 2. The number of amides is 1. The number of hydrogen-bond acceptors (Lipinski definition) is 31. The van der Waals surface area contributed by atoms with Gasteiger partial charge in [-0.1, -0.05) is 124 Å². The van der Waals surface area contributed by atoms with Crippen molar-refractivity contribution in [3.8, 4) is 5.75 Å². The molecular weight excluding hydrogens is 1690 g/mol. The highest BCUT2D eigenvalue weighted by Gasteiger charge is 2.65. The van der Waals surface area contributed by atoms with Gasteiger partial charge < -0.3 is 120 Å². The molecule has 0 saturated carbocycles. The summed E-state index contributed by atoms with van der Waals surface area (Å²) in [6.07, 6.45) is -14.6. The van der Waals surface area contributed by atoms with E-state index in [0.29, 0.717) is 51.0 Å². The quantitative estimate of drug-likeness (QED) is 0.0483. The van der Waals surface area contributed by atoms with Gasteiger partial charge in [-0.3, -0.25) is 19.4 Å². The Balaban J connectivity index is 0.000000273. The van der Waals surface area contributed by atoms with Crippen molar-refractivity contribution in [1.82, 2.24) is 19.6 Å². The minimum Gasteiger partial charge on any atom is -0.496 e. The van der Waals surface area contributed by atoms with Crippen LogP contribution in [-0.2, 0) is 114 Å². The molecule has 0 aromatic heterocycles. The van der Waals surface area contributed by atoms with Crippen LogP contribution >= 0.6 is 0 Å². The third-order valence-electron chi connectivity index (χ3n) is 30.9. The molecule has 1 amide bonds. The van der Waals surface area contributed by atoms with Crippen molar-refractivity contribution >= 4 is 29.9 Å². The zero-order valence-corrected chi connectivity index (χ0v) is 84.4. The molecule has 0 radical (unpaired) electrons. The number of aliphatic hydroxyl groups excluding tert-OH is 4. The fourth-order valence-corrected chi connectivity index (χ4v) is 23.1. The summed E-state index contributed by atoms with van der Waals surface area (Å²) in [4.78, 5) is 71.6. The highest BCUT2D eigenvalue weighted by atomic mass is 16.8. The summed E-state index contributed by atoms with van der Waals surface area (Å²) in [5, 5.41) is 51.0. The predicted molar refractivity (Wildman–Crippen MR) is 489 cm³/mol. The molecule has 1 unspecified atom stereocenters. The van der Waals surface area contributed by atoms with Gasteiger partial charge in [-0.05, 0) is 190 Å². The van der Waals surface area contributed by atoms with Gasteiger partial charge in [0.1, 0.15) is 49.0 Å². The van der Waals surface area contributed by atoms with E-state index in [1.54, 1.807) is 70.0 Å². The molecule has 11 rings (SSSR count). The van der Waals surface area contributed by atoms with E-state index in [0.717, 1.165) is 22.4 Å². The van der Waals surface area contributed by atoms with Gasteiger partial charge in [-0.25, -0.2) is 9.59 Å². The van der Waals surface area contributed by atoms with Crippen LogP contribution in [0.1, 0.15) is 227 Å². The number of esters is 2. The summed E-state index contributed by atoms with van der Waals surface area (Å²) < 4.78 is 116. The zero-order chi connectivity index (χ0) is 97.2. The second kappa shape index (κ2) is 43.6. The Kier molecular flexibility index (Phi) is 35.8. The second-order valence-corrected chi connectivity index (χ2v) is 42.0. The number of rotatable bonds is 22. The first-order valence-electron chi connectivity index (χ1n) is 47.7. The Labute approximate surface area is 779 Å². The van der Waals surface area contributed by atoms with Crippen molar-refractivity contribution in [1.29, 1.82) is 0 Å². The molecule has 0 spiro atoms. The lowest BCUT2D eigenvalue weighted by Gasteiger charge is -2.51. The Morgan fingerprint density at radius 1 is 0.534 bits per heavy atom. The molecule has 32 heteroatoms. The van der Waals surface area contributed by atoms with E-state index < -0.39 is 204 Å². The van der Waals surface area contributed by atoms with Crippen molar-refractivity contribution in [2.24, 2.45) is 52.5 Å². The summed E-state index contributed by atoms with van der Waals surface area (Å²) in [5.41, 5.74) is -3.53. The third-order valence-corrected chi connectivity index (χ3v) is 30.9. The Morgan fingerprint density at radius 2 is 1.01 bits per heavy atom. The number of carbonyl (C=O) groups is 4. The number of benzene rings is 2. The molecule has 9 fully saturated rings. The van der Waals surface area contributed by atoms with Crippen molar-refractivity contribution in [3.05, 3.63) is 65.2 Å². The van der Waals surface area contributed by atoms with Gasteiger partial charge >= 0.3 is 24.2 Å². The molecule has 37 atom stereocenters. The van der Waals surface area contributed by atoms with Crippen LogP contribution in [0, 0.1) is 47.3 Å². The van der Waals surface area contributed by atoms with Gasteiger partial charge in [0.15, 0.2) is 42.5 Å². The monoisotopic (exact) mass is 1850 g/mol. The first-order valence-corrected chi connectivity index (χ1v) is 47.7. The first kappa shape index (κ1) is 107. The van der Waals surface area contributed by atoms with Gasteiger partial charge in [0.2, 0.25) is 0 Å². The van der Waals surface area contributed by atoms with Crippen LogP contribution < -0.4 is 4.74 Å². The number of aliphatic hydroxyl groups is 4. The molecule has 2 aromatic rings. The van der Waals surface area contributed by atoms with Gasteiger partial charge in [0.05, 0.1) is 102 Å². The van der Waals surface area contributed by atoms with Gasteiger partial charge in [-0.15, -0.1) is 0 Å². The maximum absolute atomic E-state index is 14.9. The fourth-order valence-electron chi connectivity index (χ4n) is 23.1. The van der Waals surface area contributed by atoms with E-state index >= 15 is 0 Å². The van der Waals surface area contributed by atoms with Crippen LogP contribution in [0.5, 0.6) is 5.75 Å². The molecule has 131 heavy (non-hydrogen) atoms. The molecule has 9 heterocycles. The molecular formula is C99H163N5O27. The van der Waals surface area contributed by atoms with E-state index in [-0.39, 0.29) is 79.9 Å². The average Bonchev–Trinajstić information content (AvgIpc) is 1.47. The highest BCUT2D eigenvalue weighted by Crippen LogP contribution is 2.51. The molecule has 0 aliphatic carbocycles. The van der Waals surface area contributed by atoms with Crippen LogP contribution in [-0.4, -0.2) is 321 Å². The normalized spacial score (nSPS) is 43.5. The van der Waals surface area contributed by atoms with Crippen molar-refractivity contribution in [2.75, 3.05) is 76.8 Å². The second-order valence-electron chi connectivity index (χ2n) is 42.0. The van der Waals surface area contributed by atoms with Crippen LogP contribution in [0.3, 0.4) is 0 Å². The third kappa shape index (κ3) is 23.1. The predicted octanol–water partition coefficient (Wildman–Crippen LogP) is 12.2. The summed E-state index contributed by atoms with van der Waals surface area (Å²) in [5.74, 6) is -4.96. The maximum Gasteiger partial charge on any atom is 0.509 e. The number of fused-ring (bicyclic) bond motifs is 2. The first-order chi connectivity index (χ1) is 61.3. The molecule has 746 valence electrons.